The van der Waals surface area contributed by atoms with Gasteiger partial charge in [0, 0.05) is 38.7 Å². The number of piperidine rings is 1. The molecule has 5 rings (SSSR count). The van der Waals surface area contributed by atoms with Crippen molar-refractivity contribution in [1.82, 2.24) is 29.9 Å². The van der Waals surface area contributed by atoms with Crippen molar-refractivity contribution in [3.63, 3.8) is 0 Å². The van der Waals surface area contributed by atoms with Crippen molar-refractivity contribution >= 4 is 11.9 Å². The molecule has 11 heteroatoms. The Morgan fingerprint density at radius 1 is 1.15 bits per heavy atom. The fraction of sp³-hybridized carbons (Fsp3) is 0.409. The largest absolute Gasteiger partial charge is 0.497 e. The van der Waals surface area contributed by atoms with E-state index >= 15 is 0 Å². The predicted molar refractivity (Wildman–Crippen MR) is 115 cm³/mol. The number of hydrogen-bond donors (Lipinski definition) is 0. The van der Waals surface area contributed by atoms with E-state index in [2.05, 4.69) is 20.2 Å². The minimum Gasteiger partial charge on any atom is -0.497 e. The number of benzene rings is 1. The number of aromatic nitrogens is 5. The highest BCUT2D eigenvalue weighted by Gasteiger charge is 2.46. The van der Waals surface area contributed by atoms with Crippen LogP contribution in [0.4, 0.5) is 14.7 Å². The van der Waals surface area contributed by atoms with Gasteiger partial charge in [0.05, 0.1) is 36.8 Å². The summed E-state index contributed by atoms with van der Waals surface area (Å²) in [5.74, 6) is -2.04. The summed E-state index contributed by atoms with van der Waals surface area (Å²) in [6.07, 6.45) is 5.27. The smallest absolute Gasteiger partial charge is 0.287 e. The summed E-state index contributed by atoms with van der Waals surface area (Å²) in [5.41, 5.74) is 0.678. The molecule has 4 heterocycles. The Labute approximate surface area is 189 Å². The number of carbonyl (C=O) groups is 1. The van der Waals surface area contributed by atoms with Gasteiger partial charge in [-0.1, -0.05) is 0 Å². The van der Waals surface area contributed by atoms with Crippen LogP contribution in [0.25, 0.3) is 5.69 Å². The van der Waals surface area contributed by atoms with Crippen molar-refractivity contribution in [2.24, 2.45) is 5.92 Å². The molecule has 3 aromatic rings. The van der Waals surface area contributed by atoms with Crippen LogP contribution in [0.2, 0.25) is 0 Å². The number of carbonyl (C=O) groups excluding carboxylic acids is 1. The van der Waals surface area contributed by atoms with Crippen LogP contribution in [-0.2, 0) is 5.92 Å². The Morgan fingerprint density at radius 3 is 2.67 bits per heavy atom. The van der Waals surface area contributed by atoms with Crippen molar-refractivity contribution in [1.29, 1.82) is 0 Å². The summed E-state index contributed by atoms with van der Waals surface area (Å²) in [6, 6.07) is 6.35. The number of alkyl halides is 2. The van der Waals surface area contributed by atoms with Crippen LogP contribution in [0.15, 0.2) is 42.9 Å². The first-order valence-electron chi connectivity index (χ1n) is 10.7. The average molecular weight is 455 g/mol. The summed E-state index contributed by atoms with van der Waals surface area (Å²) >= 11 is 0. The van der Waals surface area contributed by atoms with E-state index in [0.29, 0.717) is 42.6 Å². The van der Waals surface area contributed by atoms with Crippen LogP contribution in [0.1, 0.15) is 29.4 Å². The van der Waals surface area contributed by atoms with Gasteiger partial charge in [-0.3, -0.25) is 4.79 Å². The molecular weight excluding hydrogens is 432 g/mol. The molecule has 0 radical (unpaired) electrons. The molecule has 2 aliphatic heterocycles. The molecule has 1 aromatic carbocycles. The third kappa shape index (κ3) is 3.87. The summed E-state index contributed by atoms with van der Waals surface area (Å²) in [7, 11) is 1.54. The lowest BCUT2D eigenvalue weighted by Crippen LogP contribution is -2.66. The number of hydrogen-bond acceptors (Lipinski definition) is 7. The molecule has 0 spiro atoms. The maximum atomic E-state index is 13.7. The maximum absolute atomic E-state index is 13.7. The summed E-state index contributed by atoms with van der Waals surface area (Å²) in [5, 5.41) is 8.31. The molecule has 0 bridgehead atoms. The van der Waals surface area contributed by atoms with E-state index in [0.717, 1.165) is 13.3 Å². The molecule has 2 fully saturated rings. The summed E-state index contributed by atoms with van der Waals surface area (Å²) in [6.45, 7) is 2.59. The van der Waals surface area contributed by atoms with Gasteiger partial charge in [0.2, 0.25) is 5.95 Å². The molecule has 0 aliphatic carbocycles. The van der Waals surface area contributed by atoms with E-state index in [9.17, 15) is 13.6 Å². The second-order valence-corrected chi connectivity index (χ2v) is 8.35. The van der Waals surface area contributed by atoms with E-state index in [-0.39, 0.29) is 23.6 Å². The topological polar surface area (TPSA) is 89.3 Å². The van der Waals surface area contributed by atoms with Gasteiger partial charge in [0.15, 0.2) is 0 Å². The van der Waals surface area contributed by atoms with Gasteiger partial charge < -0.3 is 14.5 Å². The SMILES string of the molecule is COc1ccc(-n2nccn2)c(C(=O)N2CC3CCN(c4nccc(C(C)(F)F)n4)CC32)c1. The number of fused-ring (bicyclic) bond motifs is 1. The zero-order valence-corrected chi connectivity index (χ0v) is 18.2. The molecule has 172 valence electrons. The standard InChI is InChI=1S/C22H23F2N7O2/c1-22(23,24)19-5-7-25-21(28-19)29-10-6-14-12-30(18(14)13-29)20(32)16-11-15(33-2)3-4-17(16)31-26-8-9-27-31/h3-5,7-9,11,14,18H,6,10,12-13H2,1-2H3. The van der Waals surface area contributed by atoms with E-state index in [4.69, 9.17) is 4.74 Å². The quantitative estimate of drug-likeness (QED) is 0.584. The lowest BCUT2D eigenvalue weighted by molar-refractivity contribution is 0.00725. The van der Waals surface area contributed by atoms with E-state index < -0.39 is 5.92 Å². The van der Waals surface area contributed by atoms with Crippen LogP contribution in [0.3, 0.4) is 0 Å². The monoisotopic (exact) mass is 455 g/mol. The Kier molecular flexibility index (Phi) is 5.18. The number of methoxy groups -OCH3 is 1. The number of halogens is 2. The number of nitrogens with zero attached hydrogens (tertiary/aromatic N) is 7. The van der Waals surface area contributed by atoms with Crippen molar-refractivity contribution in [3.05, 3.63) is 54.1 Å². The average Bonchev–Trinajstić information content (AvgIpc) is 3.33. The van der Waals surface area contributed by atoms with Gasteiger partial charge in [-0.05, 0) is 30.7 Å². The molecule has 2 aromatic heterocycles. The minimum absolute atomic E-state index is 0.0646. The predicted octanol–water partition coefficient (Wildman–Crippen LogP) is 2.53. The van der Waals surface area contributed by atoms with Crippen molar-refractivity contribution in [2.45, 2.75) is 25.3 Å². The molecule has 1 amide bonds. The number of rotatable bonds is 5. The van der Waals surface area contributed by atoms with Crippen LogP contribution < -0.4 is 9.64 Å². The minimum atomic E-state index is -3.04. The normalized spacial score (nSPS) is 20.2. The first-order valence-corrected chi connectivity index (χ1v) is 10.7. The second-order valence-electron chi connectivity index (χ2n) is 8.35. The van der Waals surface area contributed by atoms with Gasteiger partial charge in [0.25, 0.3) is 11.8 Å². The van der Waals surface area contributed by atoms with Crippen molar-refractivity contribution in [2.75, 3.05) is 31.6 Å². The van der Waals surface area contributed by atoms with E-state index in [1.54, 1.807) is 42.6 Å². The van der Waals surface area contributed by atoms with Gasteiger partial charge in [-0.15, -0.1) is 0 Å². The third-order valence-corrected chi connectivity index (χ3v) is 6.26. The molecule has 2 aliphatic rings. The van der Waals surface area contributed by atoms with Gasteiger partial charge >= 0.3 is 0 Å². The molecule has 33 heavy (non-hydrogen) atoms. The Balaban J connectivity index is 1.39. The van der Waals surface area contributed by atoms with Crippen LogP contribution in [0.5, 0.6) is 5.75 Å². The fourth-order valence-electron chi connectivity index (χ4n) is 4.44. The lowest BCUT2D eigenvalue weighted by Gasteiger charge is -2.53. The van der Waals surface area contributed by atoms with E-state index in [1.807, 2.05) is 4.90 Å². The summed E-state index contributed by atoms with van der Waals surface area (Å²) in [4.78, 5) is 26.9. The number of ether oxygens (including phenoxy) is 1. The highest BCUT2D eigenvalue weighted by molar-refractivity contribution is 5.99. The summed E-state index contributed by atoms with van der Waals surface area (Å²) < 4.78 is 32.8. The molecule has 0 N–H and O–H groups in total. The van der Waals surface area contributed by atoms with Gasteiger partial charge in [-0.2, -0.15) is 23.8 Å². The zero-order valence-electron chi connectivity index (χ0n) is 18.2. The first kappa shape index (κ1) is 21.2. The number of likely N-dealkylation sites (tertiary alicyclic amines) is 1. The second kappa shape index (κ2) is 8.05. The Hall–Kier alpha value is -3.63. The molecule has 2 saturated heterocycles. The maximum Gasteiger partial charge on any atom is 0.287 e. The highest BCUT2D eigenvalue weighted by atomic mass is 19.3. The van der Waals surface area contributed by atoms with Crippen molar-refractivity contribution < 1.29 is 18.3 Å². The highest BCUT2D eigenvalue weighted by Crippen LogP contribution is 2.36. The van der Waals surface area contributed by atoms with Crippen molar-refractivity contribution in [3.8, 4) is 11.4 Å². The number of anilines is 1. The van der Waals surface area contributed by atoms with Crippen LogP contribution >= 0.6 is 0 Å². The molecule has 2 unspecified atom stereocenters. The van der Waals surface area contributed by atoms with Crippen LogP contribution in [-0.4, -0.2) is 68.6 Å². The molecule has 0 saturated carbocycles. The Morgan fingerprint density at radius 2 is 1.94 bits per heavy atom. The van der Waals surface area contributed by atoms with Gasteiger partial charge in [-0.25, -0.2) is 9.97 Å². The lowest BCUT2D eigenvalue weighted by atomic mass is 9.81. The fourth-order valence-corrected chi connectivity index (χ4v) is 4.44. The zero-order chi connectivity index (χ0) is 23.2. The Bertz CT molecular complexity index is 1170. The van der Waals surface area contributed by atoms with Gasteiger partial charge in [0.1, 0.15) is 11.4 Å². The molecule has 9 nitrogen and oxygen atoms in total. The third-order valence-electron chi connectivity index (χ3n) is 6.26. The molecular formula is C22H23F2N7O2. The van der Waals surface area contributed by atoms with Crippen LogP contribution in [0, 0.1) is 5.92 Å². The first-order chi connectivity index (χ1) is 15.8. The van der Waals surface area contributed by atoms with E-state index in [1.165, 1.54) is 17.1 Å². The molecule has 2 atom stereocenters. The number of amides is 1.